The van der Waals surface area contributed by atoms with Crippen molar-refractivity contribution >= 4 is 10.0 Å². The molecule has 19 heavy (non-hydrogen) atoms. The monoisotopic (exact) mass is 282 g/mol. The molecule has 0 amide bonds. The van der Waals surface area contributed by atoms with Crippen LogP contribution < -0.4 is 4.72 Å². The third-order valence-corrected chi connectivity index (χ3v) is 4.29. The average molecular weight is 282 g/mol. The first kappa shape index (κ1) is 15.6. The van der Waals surface area contributed by atoms with E-state index < -0.39 is 10.0 Å². The van der Waals surface area contributed by atoms with Gasteiger partial charge in [0.2, 0.25) is 10.0 Å². The number of nitrogens with one attached hydrogen (secondary N) is 1. The molecular weight excluding hydrogens is 264 g/mol. The summed E-state index contributed by atoms with van der Waals surface area (Å²) in [6, 6.07) is 7.93. The molecule has 0 saturated heterocycles. The van der Waals surface area contributed by atoms with Crippen LogP contribution >= 0.6 is 0 Å². The van der Waals surface area contributed by atoms with Crippen molar-refractivity contribution in [1.82, 2.24) is 4.72 Å². The molecule has 1 rings (SSSR count). The molecule has 6 heteroatoms. The minimum absolute atomic E-state index is 0.00348. The average Bonchev–Trinajstić information content (AvgIpc) is 2.37. The fraction of sp³-hybridized carbons (Fsp3) is 0.462. The number of nitriles is 1. The number of sulfonamides is 1. The van der Waals surface area contributed by atoms with Gasteiger partial charge in [0.05, 0.1) is 10.5 Å². The second-order valence-electron chi connectivity index (χ2n) is 5.07. The van der Waals surface area contributed by atoms with E-state index in [1.807, 2.05) is 19.9 Å². The Hall–Kier alpha value is -1.42. The van der Waals surface area contributed by atoms with Gasteiger partial charge in [0.1, 0.15) is 6.07 Å². The number of rotatable bonds is 6. The number of aliphatic hydroxyl groups is 1. The summed E-state index contributed by atoms with van der Waals surface area (Å²) in [5.41, 5.74) is -0.224. The van der Waals surface area contributed by atoms with E-state index >= 15 is 0 Å². The molecule has 0 bridgehead atoms. The summed E-state index contributed by atoms with van der Waals surface area (Å²) in [5, 5.41) is 17.8. The zero-order valence-corrected chi connectivity index (χ0v) is 11.9. The van der Waals surface area contributed by atoms with Gasteiger partial charge in [-0.2, -0.15) is 5.26 Å². The molecule has 0 heterocycles. The van der Waals surface area contributed by atoms with Gasteiger partial charge in [0.25, 0.3) is 0 Å². The lowest BCUT2D eigenvalue weighted by Crippen LogP contribution is -2.34. The van der Waals surface area contributed by atoms with Gasteiger partial charge in [0, 0.05) is 13.2 Å². The van der Waals surface area contributed by atoms with Crippen LogP contribution in [0.2, 0.25) is 0 Å². The summed E-state index contributed by atoms with van der Waals surface area (Å²) >= 11 is 0. The molecule has 0 spiro atoms. The van der Waals surface area contributed by atoms with Gasteiger partial charge >= 0.3 is 0 Å². The Bertz CT molecular complexity index is 574. The summed E-state index contributed by atoms with van der Waals surface area (Å²) in [6.07, 6.45) is 0.495. The molecule has 0 radical (unpaired) electrons. The summed E-state index contributed by atoms with van der Waals surface area (Å²) in [7, 11) is -3.71. The first-order chi connectivity index (χ1) is 8.82. The number of hydrogen-bond donors (Lipinski definition) is 2. The highest BCUT2D eigenvalue weighted by Crippen LogP contribution is 2.20. The minimum Gasteiger partial charge on any atom is -0.396 e. The maximum atomic E-state index is 12.1. The van der Waals surface area contributed by atoms with Gasteiger partial charge in [-0.15, -0.1) is 0 Å². The van der Waals surface area contributed by atoms with Crippen LogP contribution in [-0.2, 0) is 10.0 Å². The summed E-state index contributed by atoms with van der Waals surface area (Å²) in [5.74, 6) is 0. The third kappa shape index (κ3) is 4.31. The van der Waals surface area contributed by atoms with Crippen molar-refractivity contribution in [1.29, 1.82) is 5.26 Å². The van der Waals surface area contributed by atoms with Gasteiger partial charge in [-0.25, -0.2) is 13.1 Å². The van der Waals surface area contributed by atoms with Gasteiger partial charge in [-0.3, -0.25) is 0 Å². The molecule has 0 fully saturated rings. The highest BCUT2D eigenvalue weighted by molar-refractivity contribution is 7.89. The normalized spacial score (nSPS) is 12.1. The second kappa shape index (κ2) is 6.15. The standard InChI is InChI=1S/C13H18N2O3S/c1-13(2,7-8-16)10-15-19(17,18)12-6-4-3-5-11(12)9-14/h3-6,15-16H,7-8,10H2,1-2H3. The SMILES string of the molecule is CC(C)(CCO)CNS(=O)(=O)c1ccccc1C#N. The Morgan fingerprint density at radius 2 is 2.00 bits per heavy atom. The van der Waals surface area contributed by atoms with E-state index in [-0.39, 0.29) is 29.0 Å². The second-order valence-corrected chi connectivity index (χ2v) is 6.81. The maximum Gasteiger partial charge on any atom is 0.241 e. The highest BCUT2D eigenvalue weighted by Gasteiger charge is 2.23. The molecule has 5 nitrogen and oxygen atoms in total. The van der Waals surface area contributed by atoms with Crippen LogP contribution in [0.3, 0.4) is 0 Å². The summed E-state index contributed by atoms with van der Waals surface area (Å²) in [4.78, 5) is -0.0164. The van der Waals surface area contributed by atoms with Crippen LogP contribution in [-0.4, -0.2) is 26.7 Å². The molecule has 0 aliphatic heterocycles. The molecule has 1 aromatic carbocycles. The lowest BCUT2D eigenvalue weighted by Gasteiger charge is -2.23. The van der Waals surface area contributed by atoms with Crippen LogP contribution in [0, 0.1) is 16.7 Å². The molecule has 0 aromatic heterocycles. The lowest BCUT2D eigenvalue weighted by molar-refractivity contribution is 0.213. The van der Waals surface area contributed by atoms with Crippen molar-refractivity contribution in [3.63, 3.8) is 0 Å². The van der Waals surface area contributed by atoms with Crippen LogP contribution in [0.5, 0.6) is 0 Å². The van der Waals surface area contributed by atoms with Crippen molar-refractivity contribution in [3.8, 4) is 6.07 Å². The number of aliphatic hydroxyl groups excluding tert-OH is 1. The molecular formula is C13H18N2O3S. The largest absolute Gasteiger partial charge is 0.396 e. The zero-order chi connectivity index (χ0) is 14.5. The zero-order valence-electron chi connectivity index (χ0n) is 11.0. The van der Waals surface area contributed by atoms with E-state index in [1.54, 1.807) is 12.1 Å². The van der Waals surface area contributed by atoms with Gasteiger partial charge in [-0.05, 0) is 24.0 Å². The van der Waals surface area contributed by atoms with Crippen LogP contribution in [0.15, 0.2) is 29.2 Å². The Morgan fingerprint density at radius 1 is 1.37 bits per heavy atom. The molecule has 0 atom stereocenters. The van der Waals surface area contributed by atoms with E-state index in [4.69, 9.17) is 10.4 Å². The first-order valence-electron chi connectivity index (χ1n) is 5.92. The van der Waals surface area contributed by atoms with Gasteiger partial charge in [-0.1, -0.05) is 26.0 Å². The molecule has 1 aromatic rings. The number of hydrogen-bond acceptors (Lipinski definition) is 4. The van der Waals surface area contributed by atoms with Crippen molar-refractivity contribution in [3.05, 3.63) is 29.8 Å². The van der Waals surface area contributed by atoms with Crippen molar-refractivity contribution in [2.24, 2.45) is 5.41 Å². The number of nitrogens with zero attached hydrogens (tertiary/aromatic N) is 1. The molecule has 104 valence electrons. The van der Waals surface area contributed by atoms with Crippen LogP contribution in [0.25, 0.3) is 0 Å². The quantitative estimate of drug-likeness (QED) is 0.821. The predicted octanol–water partition coefficient (Wildman–Crippen LogP) is 1.25. The van der Waals surface area contributed by atoms with E-state index in [0.717, 1.165) is 0 Å². The van der Waals surface area contributed by atoms with Crippen LogP contribution in [0.4, 0.5) is 0 Å². The topological polar surface area (TPSA) is 90.2 Å². The molecule has 0 unspecified atom stereocenters. The molecule has 2 N–H and O–H groups in total. The van der Waals surface area contributed by atoms with Crippen molar-refractivity contribution < 1.29 is 13.5 Å². The Kier molecular flexibility index (Phi) is 5.06. The molecule has 0 aliphatic carbocycles. The molecule has 0 saturated carbocycles. The maximum absolute atomic E-state index is 12.1. The van der Waals surface area contributed by atoms with Gasteiger partial charge in [0.15, 0.2) is 0 Å². The Balaban J connectivity index is 2.91. The summed E-state index contributed by atoms with van der Waals surface area (Å²) in [6.45, 7) is 3.93. The predicted molar refractivity (Wildman–Crippen MR) is 71.8 cm³/mol. The smallest absolute Gasteiger partial charge is 0.241 e. The van der Waals surface area contributed by atoms with E-state index in [2.05, 4.69) is 4.72 Å². The first-order valence-corrected chi connectivity index (χ1v) is 7.40. The Morgan fingerprint density at radius 3 is 2.58 bits per heavy atom. The minimum atomic E-state index is -3.71. The lowest BCUT2D eigenvalue weighted by atomic mass is 9.90. The van der Waals surface area contributed by atoms with Crippen LogP contribution in [0.1, 0.15) is 25.8 Å². The van der Waals surface area contributed by atoms with Crippen molar-refractivity contribution in [2.75, 3.05) is 13.2 Å². The highest BCUT2D eigenvalue weighted by atomic mass is 32.2. The fourth-order valence-corrected chi connectivity index (χ4v) is 2.95. The van der Waals surface area contributed by atoms with Crippen molar-refractivity contribution in [2.45, 2.75) is 25.2 Å². The summed E-state index contributed by atoms with van der Waals surface area (Å²) < 4.78 is 26.8. The fourth-order valence-electron chi connectivity index (χ4n) is 1.55. The van der Waals surface area contributed by atoms with Gasteiger partial charge < -0.3 is 5.11 Å². The van der Waals surface area contributed by atoms with E-state index in [1.165, 1.54) is 12.1 Å². The van der Waals surface area contributed by atoms with E-state index in [9.17, 15) is 8.42 Å². The van der Waals surface area contributed by atoms with E-state index in [0.29, 0.717) is 6.42 Å². The Labute approximate surface area is 113 Å². The molecule has 0 aliphatic rings. The third-order valence-electron chi connectivity index (χ3n) is 2.83. The number of benzene rings is 1.